The van der Waals surface area contributed by atoms with Crippen LogP contribution in [-0.2, 0) is 15.1 Å². The summed E-state index contributed by atoms with van der Waals surface area (Å²) in [5, 5.41) is 9.23. The molecule has 1 amide bonds. The molecule has 0 bridgehead atoms. The van der Waals surface area contributed by atoms with E-state index in [0.717, 1.165) is 36.9 Å². The second-order valence-corrected chi connectivity index (χ2v) is 4.05. The van der Waals surface area contributed by atoms with Gasteiger partial charge in [-0.1, -0.05) is 6.07 Å². The molecule has 1 aromatic rings. The Kier molecular flexibility index (Phi) is 3.69. The van der Waals surface area contributed by atoms with Gasteiger partial charge in [0.1, 0.15) is 11.6 Å². The van der Waals surface area contributed by atoms with Crippen LogP contribution in [-0.4, -0.2) is 28.9 Å². The van der Waals surface area contributed by atoms with Crippen LogP contribution in [0.3, 0.4) is 0 Å². The Morgan fingerprint density at radius 1 is 1.28 bits per heavy atom. The molecule has 0 spiro atoms. The third-order valence-electron chi connectivity index (χ3n) is 3.01. The van der Waals surface area contributed by atoms with Crippen LogP contribution in [0.4, 0.5) is 8.78 Å². The predicted molar refractivity (Wildman–Crippen MR) is 59.8 cm³/mol. The van der Waals surface area contributed by atoms with Crippen LogP contribution in [0.1, 0.15) is 19.4 Å². The molecule has 0 fully saturated rings. The van der Waals surface area contributed by atoms with Gasteiger partial charge >= 0.3 is 5.97 Å². The van der Waals surface area contributed by atoms with Crippen LogP contribution in [0.25, 0.3) is 0 Å². The van der Waals surface area contributed by atoms with Crippen molar-refractivity contribution in [2.24, 2.45) is 0 Å². The van der Waals surface area contributed by atoms with E-state index in [4.69, 9.17) is 0 Å². The van der Waals surface area contributed by atoms with E-state index >= 15 is 0 Å². The normalized spacial score (nSPS) is 13.8. The van der Waals surface area contributed by atoms with Gasteiger partial charge in [-0.3, -0.25) is 4.79 Å². The van der Waals surface area contributed by atoms with Gasteiger partial charge < -0.3 is 10.0 Å². The van der Waals surface area contributed by atoms with Crippen LogP contribution in [0.15, 0.2) is 18.2 Å². The van der Waals surface area contributed by atoms with Crippen molar-refractivity contribution in [1.82, 2.24) is 4.90 Å². The molecule has 0 aliphatic carbocycles. The molecule has 18 heavy (non-hydrogen) atoms. The highest BCUT2D eigenvalue weighted by molar-refractivity contribution is 5.86. The Morgan fingerprint density at radius 3 is 2.06 bits per heavy atom. The fourth-order valence-corrected chi connectivity index (χ4v) is 1.70. The predicted octanol–water partition coefficient (Wildman–Crippen LogP) is 1.74. The zero-order chi connectivity index (χ0) is 14.1. The van der Waals surface area contributed by atoms with Crippen LogP contribution < -0.4 is 0 Å². The molecule has 98 valence electrons. The van der Waals surface area contributed by atoms with Gasteiger partial charge in [0.2, 0.25) is 5.91 Å². The number of carboxylic acids is 1. The van der Waals surface area contributed by atoms with E-state index in [1.165, 1.54) is 7.05 Å². The van der Waals surface area contributed by atoms with Crippen LogP contribution in [0, 0.1) is 11.6 Å². The van der Waals surface area contributed by atoms with Crippen molar-refractivity contribution >= 4 is 11.9 Å². The minimum absolute atomic E-state index is 0.609. The largest absolute Gasteiger partial charge is 0.479 e. The number of amides is 1. The van der Waals surface area contributed by atoms with Crippen molar-refractivity contribution in [3.05, 3.63) is 35.4 Å². The van der Waals surface area contributed by atoms with Crippen molar-refractivity contribution in [3.8, 4) is 0 Å². The van der Waals surface area contributed by atoms with Gasteiger partial charge in [0.25, 0.3) is 0 Å². The van der Waals surface area contributed by atoms with Crippen LogP contribution in [0.2, 0.25) is 0 Å². The number of carbonyl (C=O) groups excluding carboxylic acids is 1. The van der Waals surface area contributed by atoms with Gasteiger partial charge in [-0.05, 0) is 19.1 Å². The van der Waals surface area contributed by atoms with Crippen molar-refractivity contribution in [3.63, 3.8) is 0 Å². The van der Waals surface area contributed by atoms with E-state index in [-0.39, 0.29) is 0 Å². The Balaban J connectivity index is 3.56. The van der Waals surface area contributed by atoms with Gasteiger partial charge in [-0.25, -0.2) is 13.6 Å². The minimum Gasteiger partial charge on any atom is -0.479 e. The number of hydrogen-bond acceptors (Lipinski definition) is 2. The molecule has 0 saturated carbocycles. The molecule has 4 nitrogen and oxygen atoms in total. The number of halogens is 2. The van der Waals surface area contributed by atoms with Gasteiger partial charge in [-0.15, -0.1) is 0 Å². The van der Waals surface area contributed by atoms with Gasteiger partial charge in [0.05, 0.1) is 5.56 Å². The molecule has 0 aliphatic heterocycles. The summed E-state index contributed by atoms with van der Waals surface area (Å²) in [4.78, 5) is 23.4. The summed E-state index contributed by atoms with van der Waals surface area (Å²) < 4.78 is 27.4. The third kappa shape index (κ3) is 2.05. The first kappa shape index (κ1) is 14.1. The Hall–Kier alpha value is -1.98. The second-order valence-electron chi connectivity index (χ2n) is 4.05. The summed E-state index contributed by atoms with van der Waals surface area (Å²) >= 11 is 0. The lowest BCUT2D eigenvalue weighted by Gasteiger charge is -2.35. The maximum atomic E-state index is 13.7. The van der Waals surface area contributed by atoms with Gasteiger partial charge in [0, 0.05) is 14.0 Å². The Bertz CT molecular complexity index is 484. The first-order chi connectivity index (χ1) is 8.22. The standard InChI is InChI=1S/C12H13F2NO3/c1-7(16)15(3)12(2,11(17)18)10-8(13)5-4-6-9(10)14/h4-6H,1-3H3,(H,17,18). The SMILES string of the molecule is CC(=O)N(C)C(C)(C(=O)O)c1c(F)cccc1F. The molecule has 0 radical (unpaired) electrons. The summed E-state index contributed by atoms with van der Waals surface area (Å²) in [7, 11) is 1.18. The zero-order valence-corrected chi connectivity index (χ0v) is 10.2. The van der Waals surface area contributed by atoms with Gasteiger partial charge in [-0.2, -0.15) is 0 Å². The monoisotopic (exact) mass is 257 g/mol. The van der Waals surface area contributed by atoms with Crippen molar-refractivity contribution in [2.75, 3.05) is 7.05 Å². The summed E-state index contributed by atoms with van der Waals surface area (Å²) in [6.07, 6.45) is 0. The number of aliphatic carboxylic acids is 1. The second kappa shape index (κ2) is 4.72. The molecule has 0 heterocycles. The number of nitrogens with zero attached hydrogens (tertiary/aromatic N) is 1. The molecule has 1 rings (SSSR count). The lowest BCUT2D eigenvalue weighted by Crippen LogP contribution is -2.51. The molecular formula is C12H13F2NO3. The highest BCUT2D eigenvalue weighted by Gasteiger charge is 2.45. The smallest absolute Gasteiger partial charge is 0.334 e. The topological polar surface area (TPSA) is 57.6 Å². The number of carbonyl (C=O) groups is 2. The molecule has 1 unspecified atom stereocenters. The molecule has 0 saturated heterocycles. The van der Waals surface area contributed by atoms with E-state index in [1.54, 1.807) is 0 Å². The molecular weight excluding hydrogens is 244 g/mol. The minimum atomic E-state index is -2.10. The number of carboxylic acid groups (broad SMARTS) is 1. The first-order valence-electron chi connectivity index (χ1n) is 5.15. The number of hydrogen-bond donors (Lipinski definition) is 1. The maximum Gasteiger partial charge on any atom is 0.334 e. The van der Waals surface area contributed by atoms with Crippen molar-refractivity contribution in [2.45, 2.75) is 19.4 Å². The fraction of sp³-hybridized carbons (Fsp3) is 0.333. The Labute approximate surface area is 103 Å². The summed E-state index contributed by atoms with van der Waals surface area (Å²) in [5.41, 5.74) is -2.75. The molecule has 0 aliphatic rings. The van der Waals surface area contributed by atoms with Crippen LogP contribution >= 0.6 is 0 Å². The summed E-state index contributed by atoms with van der Waals surface area (Å²) in [6, 6.07) is 3.03. The lowest BCUT2D eigenvalue weighted by atomic mass is 9.89. The highest BCUT2D eigenvalue weighted by Crippen LogP contribution is 2.32. The number of likely N-dealkylation sites (N-methyl/N-ethyl adjacent to an activating group) is 1. The molecule has 0 aromatic heterocycles. The zero-order valence-electron chi connectivity index (χ0n) is 10.2. The first-order valence-corrected chi connectivity index (χ1v) is 5.15. The molecule has 1 aromatic carbocycles. The average Bonchev–Trinajstić information content (AvgIpc) is 2.26. The number of benzene rings is 1. The van der Waals surface area contributed by atoms with E-state index in [0.29, 0.717) is 0 Å². The van der Waals surface area contributed by atoms with Crippen molar-refractivity contribution in [1.29, 1.82) is 0 Å². The van der Waals surface area contributed by atoms with E-state index in [9.17, 15) is 23.5 Å². The Morgan fingerprint density at radius 2 is 1.72 bits per heavy atom. The van der Waals surface area contributed by atoms with E-state index in [2.05, 4.69) is 0 Å². The molecule has 6 heteroatoms. The quantitative estimate of drug-likeness (QED) is 0.897. The average molecular weight is 257 g/mol. The van der Waals surface area contributed by atoms with E-state index in [1.807, 2.05) is 0 Å². The van der Waals surface area contributed by atoms with E-state index < -0.39 is 34.6 Å². The summed E-state index contributed by atoms with van der Waals surface area (Å²) in [5.74, 6) is -4.13. The van der Waals surface area contributed by atoms with Crippen molar-refractivity contribution < 1.29 is 23.5 Å². The number of rotatable bonds is 3. The third-order valence-corrected chi connectivity index (χ3v) is 3.01. The van der Waals surface area contributed by atoms with Crippen LogP contribution in [0.5, 0.6) is 0 Å². The van der Waals surface area contributed by atoms with Gasteiger partial charge in [0.15, 0.2) is 5.54 Å². The maximum absolute atomic E-state index is 13.7. The highest BCUT2D eigenvalue weighted by atomic mass is 19.1. The lowest BCUT2D eigenvalue weighted by molar-refractivity contribution is -0.157. The summed E-state index contributed by atoms with van der Waals surface area (Å²) in [6.45, 7) is 2.21. The molecule has 1 atom stereocenters. The molecule has 1 N–H and O–H groups in total. The fourth-order valence-electron chi connectivity index (χ4n) is 1.70.